The Hall–Kier alpha value is -1.86. The van der Waals surface area contributed by atoms with E-state index in [2.05, 4.69) is 36.1 Å². The quantitative estimate of drug-likeness (QED) is 0.392. The molecule has 3 heterocycles. The maximum atomic E-state index is 13.3. The molecule has 4 atom stereocenters. The van der Waals surface area contributed by atoms with E-state index >= 15 is 0 Å². The standard InChI is InChI=1S/C23H30N2O4S/c1-4-14-30-16-10-8-15(9-11-16)19-17-18(21(27)24(5-2)20(17)26)23(22(28)29-3)12-6-7-13-25(19)23/h8-11,17-19H,4-7,12-14H2,1-3H3/t17?,18?,19?,23-/m0/s1. The zero-order valence-corrected chi connectivity index (χ0v) is 18.7. The number of ether oxygens (including phenoxy) is 1. The summed E-state index contributed by atoms with van der Waals surface area (Å²) in [7, 11) is 1.38. The molecule has 0 spiro atoms. The number of hydrogen-bond acceptors (Lipinski definition) is 6. The molecule has 3 fully saturated rings. The molecule has 3 unspecified atom stereocenters. The van der Waals surface area contributed by atoms with Gasteiger partial charge in [-0.2, -0.15) is 0 Å². The number of esters is 1. The predicted octanol–water partition coefficient (Wildman–Crippen LogP) is 3.26. The molecule has 7 heteroatoms. The fourth-order valence-electron chi connectivity index (χ4n) is 5.71. The molecule has 30 heavy (non-hydrogen) atoms. The highest BCUT2D eigenvalue weighted by molar-refractivity contribution is 7.99. The van der Waals surface area contributed by atoms with Crippen LogP contribution in [-0.4, -0.2) is 59.1 Å². The van der Waals surface area contributed by atoms with E-state index in [4.69, 9.17) is 4.74 Å². The lowest BCUT2D eigenvalue weighted by Gasteiger charge is -2.44. The highest BCUT2D eigenvalue weighted by Crippen LogP contribution is 2.58. The number of fused-ring (bicyclic) bond motifs is 3. The molecule has 3 aliphatic rings. The van der Waals surface area contributed by atoms with Crippen LogP contribution in [0.5, 0.6) is 0 Å². The van der Waals surface area contributed by atoms with Crippen LogP contribution in [0.25, 0.3) is 0 Å². The Balaban J connectivity index is 1.80. The molecule has 1 aromatic carbocycles. The van der Waals surface area contributed by atoms with Gasteiger partial charge in [-0.15, -0.1) is 11.8 Å². The number of piperidine rings is 1. The van der Waals surface area contributed by atoms with E-state index in [1.54, 1.807) is 0 Å². The summed E-state index contributed by atoms with van der Waals surface area (Å²) in [6.07, 6.45) is 3.46. The summed E-state index contributed by atoms with van der Waals surface area (Å²) in [5.74, 6) is -0.902. The number of carbonyl (C=O) groups excluding carboxylic acids is 3. The van der Waals surface area contributed by atoms with E-state index in [1.165, 1.54) is 16.9 Å². The van der Waals surface area contributed by atoms with Crippen LogP contribution >= 0.6 is 11.8 Å². The normalized spacial score (nSPS) is 31.0. The summed E-state index contributed by atoms with van der Waals surface area (Å²) < 4.78 is 5.24. The smallest absolute Gasteiger partial charge is 0.327 e. The molecule has 0 bridgehead atoms. The van der Waals surface area contributed by atoms with Crippen LogP contribution in [0.3, 0.4) is 0 Å². The van der Waals surface area contributed by atoms with Crippen molar-refractivity contribution in [1.29, 1.82) is 0 Å². The van der Waals surface area contributed by atoms with Crippen LogP contribution < -0.4 is 0 Å². The number of imide groups is 1. The minimum Gasteiger partial charge on any atom is -0.468 e. The van der Waals surface area contributed by atoms with E-state index in [-0.39, 0.29) is 23.8 Å². The SMILES string of the molecule is CCCSc1ccc(C2C3C(=O)N(CC)C(=O)C3[C@]3(C(=O)OC)CCCCN23)cc1. The van der Waals surface area contributed by atoms with Gasteiger partial charge in [0.05, 0.1) is 18.9 Å². The first kappa shape index (κ1) is 21.4. The van der Waals surface area contributed by atoms with Gasteiger partial charge in [0.2, 0.25) is 11.8 Å². The molecule has 0 N–H and O–H groups in total. The molecule has 162 valence electrons. The first-order chi connectivity index (χ1) is 14.5. The largest absolute Gasteiger partial charge is 0.468 e. The van der Waals surface area contributed by atoms with Crippen LogP contribution in [0.2, 0.25) is 0 Å². The van der Waals surface area contributed by atoms with E-state index in [1.807, 2.05) is 18.7 Å². The molecule has 4 rings (SSSR count). The summed E-state index contributed by atoms with van der Waals surface area (Å²) in [5.41, 5.74) is -0.0492. The second-order valence-electron chi connectivity index (χ2n) is 8.35. The van der Waals surface area contributed by atoms with Crippen molar-refractivity contribution < 1.29 is 19.1 Å². The van der Waals surface area contributed by atoms with Crippen LogP contribution in [0, 0.1) is 11.8 Å². The average molecular weight is 431 g/mol. The molecule has 3 aliphatic heterocycles. The highest BCUT2D eigenvalue weighted by Gasteiger charge is 2.72. The predicted molar refractivity (Wildman–Crippen MR) is 115 cm³/mol. The van der Waals surface area contributed by atoms with E-state index < -0.39 is 17.4 Å². The molecule has 3 saturated heterocycles. The van der Waals surface area contributed by atoms with Gasteiger partial charge < -0.3 is 4.74 Å². The molecule has 0 aliphatic carbocycles. The zero-order valence-electron chi connectivity index (χ0n) is 17.9. The topological polar surface area (TPSA) is 66.9 Å². The highest BCUT2D eigenvalue weighted by atomic mass is 32.2. The van der Waals surface area contributed by atoms with Crippen molar-refractivity contribution in [3.63, 3.8) is 0 Å². The van der Waals surface area contributed by atoms with E-state index in [0.717, 1.165) is 30.6 Å². The third kappa shape index (κ3) is 3.01. The minimum atomic E-state index is -1.05. The van der Waals surface area contributed by atoms with Gasteiger partial charge in [-0.3, -0.25) is 24.2 Å². The minimum absolute atomic E-state index is 0.153. The van der Waals surface area contributed by atoms with Crippen molar-refractivity contribution in [2.24, 2.45) is 11.8 Å². The van der Waals surface area contributed by atoms with Gasteiger partial charge in [-0.25, -0.2) is 0 Å². The average Bonchev–Trinajstić information content (AvgIpc) is 3.22. The number of thioether (sulfide) groups is 1. The molecule has 0 radical (unpaired) electrons. The van der Waals surface area contributed by atoms with E-state index in [9.17, 15) is 14.4 Å². The number of rotatable bonds is 6. The Kier molecular flexibility index (Phi) is 5.95. The zero-order chi connectivity index (χ0) is 21.5. The van der Waals surface area contributed by atoms with Gasteiger partial charge >= 0.3 is 5.97 Å². The molecule has 0 aromatic heterocycles. The molecule has 6 nitrogen and oxygen atoms in total. The number of nitrogens with zero attached hydrogens (tertiary/aromatic N) is 2. The number of methoxy groups -OCH3 is 1. The van der Waals surface area contributed by atoms with Crippen molar-refractivity contribution in [2.45, 2.75) is 56.0 Å². The fourth-order valence-corrected chi connectivity index (χ4v) is 6.48. The first-order valence-electron chi connectivity index (χ1n) is 10.9. The lowest BCUT2D eigenvalue weighted by molar-refractivity contribution is -0.164. The number of amides is 2. The van der Waals surface area contributed by atoms with Gasteiger partial charge in [-0.05, 0) is 62.6 Å². The summed E-state index contributed by atoms with van der Waals surface area (Å²) in [5, 5.41) is 0. The Morgan fingerprint density at radius 3 is 2.53 bits per heavy atom. The van der Waals surface area contributed by atoms with Crippen LogP contribution in [0.15, 0.2) is 29.2 Å². The molecule has 1 aromatic rings. The van der Waals surface area contributed by atoms with Crippen molar-refractivity contribution in [3.05, 3.63) is 29.8 Å². The summed E-state index contributed by atoms with van der Waals surface area (Å²) >= 11 is 1.81. The summed E-state index contributed by atoms with van der Waals surface area (Å²) in [6.45, 7) is 4.99. The third-order valence-electron chi connectivity index (χ3n) is 6.90. The molecular formula is C23H30N2O4S. The Morgan fingerprint density at radius 2 is 1.90 bits per heavy atom. The lowest BCUT2D eigenvalue weighted by atomic mass is 9.75. The number of carbonyl (C=O) groups is 3. The van der Waals surface area contributed by atoms with E-state index in [0.29, 0.717) is 19.5 Å². The Morgan fingerprint density at radius 1 is 1.17 bits per heavy atom. The Labute approximate surface area is 182 Å². The van der Waals surface area contributed by atoms with Crippen LogP contribution in [-0.2, 0) is 19.1 Å². The summed E-state index contributed by atoms with van der Waals surface area (Å²) in [4.78, 5) is 44.5. The molecule has 0 saturated carbocycles. The molecule has 2 amide bonds. The van der Waals surface area contributed by atoms with Gasteiger partial charge in [-0.1, -0.05) is 19.1 Å². The van der Waals surface area contributed by atoms with Gasteiger partial charge in [0, 0.05) is 17.5 Å². The van der Waals surface area contributed by atoms with Crippen molar-refractivity contribution in [1.82, 2.24) is 9.80 Å². The van der Waals surface area contributed by atoms with Crippen molar-refractivity contribution in [2.75, 3.05) is 26.0 Å². The van der Waals surface area contributed by atoms with Crippen LogP contribution in [0.4, 0.5) is 0 Å². The first-order valence-corrected chi connectivity index (χ1v) is 11.9. The third-order valence-corrected chi connectivity index (χ3v) is 8.12. The number of benzene rings is 1. The van der Waals surface area contributed by atoms with Crippen LogP contribution in [0.1, 0.15) is 51.1 Å². The number of hydrogen-bond donors (Lipinski definition) is 0. The van der Waals surface area contributed by atoms with Gasteiger partial charge in [0.1, 0.15) is 5.54 Å². The molecular weight excluding hydrogens is 400 g/mol. The number of likely N-dealkylation sites (tertiary alicyclic amines) is 1. The maximum Gasteiger partial charge on any atom is 0.327 e. The monoisotopic (exact) mass is 430 g/mol. The lowest BCUT2D eigenvalue weighted by Crippen LogP contribution is -2.59. The maximum absolute atomic E-state index is 13.3. The summed E-state index contributed by atoms with van der Waals surface area (Å²) in [6, 6.07) is 8.02. The fraction of sp³-hybridized carbons (Fsp3) is 0.609. The van der Waals surface area contributed by atoms with Crippen molar-refractivity contribution in [3.8, 4) is 0 Å². The Bertz CT molecular complexity index is 842. The second-order valence-corrected chi connectivity index (χ2v) is 9.52. The van der Waals surface area contributed by atoms with Gasteiger partial charge in [0.25, 0.3) is 0 Å². The van der Waals surface area contributed by atoms with Crippen molar-refractivity contribution >= 4 is 29.5 Å². The second kappa shape index (κ2) is 8.35. The van der Waals surface area contributed by atoms with Gasteiger partial charge in [0.15, 0.2) is 0 Å².